The molecule has 1 aromatic heterocycles. The zero-order chi connectivity index (χ0) is 24.3. The molecule has 10 heteroatoms. The monoisotopic (exact) mass is 467 g/mol. The lowest BCUT2D eigenvalue weighted by Gasteiger charge is -2.29. The van der Waals surface area contributed by atoms with Crippen molar-refractivity contribution in [3.8, 4) is 11.8 Å². The van der Waals surface area contributed by atoms with Crippen molar-refractivity contribution >= 4 is 17.5 Å². The first-order valence-corrected chi connectivity index (χ1v) is 11.6. The first-order chi connectivity index (χ1) is 16.4. The molecule has 0 bridgehead atoms. The number of benzene rings is 1. The van der Waals surface area contributed by atoms with Gasteiger partial charge in [0.05, 0.1) is 37.4 Å². The third kappa shape index (κ3) is 8.26. The van der Waals surface area contributed by atoms with Gasteiger partial charge in [-0.1, -0.05) is 6.07 Å². The molecule has 34 heavy (non-hydrogen) atoms. The van der Waals surface area contributed by atoms with Crippen LogP contribution in [0.2, 0.25) is 0 Å². The van der Waals surface area contributed by atoms with E-state index in [9.17, 15) is 4.79 Å². The van der Waals surface area contributed by atoms with Crippen LogP contribution in [-0.2, 0) is 11.2 Å². The molecule has 1 aliphatic heterocycles. The standard InChI is InChI=1S/C24H33N7O3/c1-17(2)34-22-12-19(6-7-26-18(3)16-31-8-10-33-11-9-31)4-5-21(22)29-24(32)30-23-15-27-20(13-25)14-28-23/h4-5,12,14-15,17-18,26H,6-11,16H2,1-3H3,(H2,28,29,30,32)/t18-/m1/s1. The number of urea groups is 1. The fourth-order valence-electron chi connectivity index (χ4n) is 3.60. The van der Waals surface area contributed by atoms with E-state index in [4.69, 9.17) is 14.7 Å². The van der Waals surface area contributed by atoms with Crippen LogP contribution in [0, 0.1) is 11.3 Å². The number of ether oxygens (including phenoxy) is 2. The molecule has 2 amide bonds. The van der Waals surface area contributed by atoms with Crippen molar-refractivity contribution < 1.29 is 14.3 Å². The highest BCUT2D eigenvalue weighted by atomic mass is 16.5. The van der Waals surface area contributed by atoms with Gasteiger partial charge in [0.15, 0.2) is 11.5 Å². The molecule has 1 fully saturated rings. The summed E-state index contributed by atoms with van der Waals surface area (Å²) in [5.74, 6) is 0.853. The van der Waals surface area contributed by atoms with Crippen LogP contribution in [0.3, 0.4) is 0 Å². The van der Waals surface area contributed by atoms with Gasteiger partial charge in [0, 0.05) is 25.7 Å². The molecule has 1 saturated heterocycles. The maximum absolute atomic E-state index is 12.4. The van der Waals surface area contributed by atoms with Crippen molar-refractivity contribution in [1.82, 2.24) is 20.2 Å². The summed E-state index contributed by atoms with van der Waals surface area (Å²) in [7, 11) is 0. The van der Waals surface area contributed by atoms with E-state index in [-0.39, 0.29) is 17.6 Å². The molecule has 0 spiro atoms. The summed E-state index contributed by atoms with van der Waals surface area (Å²) < 4.78 is 11.4. The number of hydrogen-bond donors (Lipinski definition) is 3. The summed E-state index contributed by atoms with van der Waals surface area (Å²) in [6.45, 7) is 11.5. The number of amides is 2. The number of hydrogen-bond acceptors (Lipinski definition) is 8. The second-order valence-electron chi connectivity index (χ2n) is 8.49. The number of carbonyl (C=O) groups is 1. The molecule has 1 aliphatic rings. The minimum atomic E-state index is -0.473. The van der Waals surface area contributed by atoms with Crippen molar-refractivity contribution in [3.63, 3.8) is 0 Å². The van der Waals surface area contributed by atoms with Crippen LogP contribution in [-0.4, -0.2) is 72.4 Å². The highest BCUT2D eigenvalue weighted by molar-refractivity contribution is 6.00. The minimum Gasteiger partial charge on any atom is -0.489 e. The molecule has 3 N–H and O–H groups in total. The molecule has 10 nitrogen and oxygen atoms in total. The number of carbonyl (C=O) groups excluding carboxylic acids is 1. The maximum Gasteiger partial charge on any atom is 0.324 e. The van der Waals surface area contributed by atoms with Crippen molar-refractivity contribution in [2.75, 3.05) is 50.0 Å². The number of aromatic nitrogens is 2. The van der Waals surface area contributed by atoms with Gasteiger partial charge in [0.1, 0.15) is 11.8 Å². The third-order valence-electron chi connectivity index (χ3n) is 5.21. The van der Waals surface area contributed by atoms with E-state index >= 15 is 0 Å². The predicted octanol–water partition coefficient (Wildman–Crippen LogP) is 2.63. The van der Waals surface area contributed by atoms with Crippen LogP contribution in [0.5, 0.6) is 5.75 Å². The summed E-state index contributed by atoms with van der Waals surface area (Å²) in [5, 5.41) is 17.8. The van der Waals surface area contributed by atoms with Gasteiger partial charge in [-0.25, -0.2) is 14.8 Å². The molecule has 1 atom stereocenters. The average molecular weight is 468 g/mol. The predicted molar refractivity (Wildman–Crippen MR) is 130 cm³/mol. The minimum absolute atomic E-state index is 0.0464. The summed E-state index contributed by atoms with van der Waals surface area (Å²) in [5.41, 5.74) is 1.86. The molecule has 2 aromatic rings. The van der Waals surface area contributed by atoms with Crippen molar-refractivity contribution in [2.45, 2.75) is 39.3 Å². The Morgan fingerprint density at radius 3 is 2.68 bits per heavy atom. The summed E-state index contributed by atoms with van der Waals surface area (Å²) >= 11 is 0. The van der Waals surface area contributed by atoms with Gasteiger partial charge in [-0.15, -0.1) is 0 Å². The molecule has 0 aliphatic carbocycles. The van der Waals surface area contributed by atoms with Crippen LogP contribution < -0.4 is 20.7 Å². The summed E-state index contributed by atoms with van der Waals surface area (Å²) in [4.78, 5) is 22.7. The Kier molecular flexibility index (Phi) is 9.58. The van der Waals surface area contributed by atoms with Crippen LogP contribution in [0.1, 0.15) is 32.0 Å². The lowest BCUT2D eigenvalue weighted by molar-refractivity contribution is 0.0344. The maximum atomic E-state index is 12.4. The Balaban J connectivity index is 1.54. The van der Waals surface area contributed by atoms with E-state index in [1.54, 1.807) is 0 Å². The highest BCUT2D eigenvalue weighted by Crippen LogP contribution is 2.27. The zero-order valence-corrected chi connectivity index (χ0v) is 20.0. The molecular weight excluding hydrogens is 434 g/mol. The molecular formula is C24H33N7O3. The second kappa shape index (κ2) is 12.8. The second-order valence-corrected chi connectivity index (χ2v) is 8.49. The fourth-order valence-corrected chi connectivity index (χ4v) is 3.60. The third-order valence-corrected chi connectivity index (χ3v) is 5.21. The number of anilines is 2. The van der Waals surface area contributed by atoms with Crippen molar-refractivity contribution in [2.24, 2.45) is 0 Å². The van der Waals surface area contributed by atoms with Crippen LogP contribution in [0.4, 0.5) is 16.3 Å². The van der Waals surface area contributed by atoms with Gasteiger partial charge in [-0.3, -0.25) is 10.2 Å². The molecule has 3 rings (SSSR count). The van der Waals surface area contributed by atoms with Crippen LogP contribution >= 0.6 is 0 Å². The lowest BCUT2D eigenvalue weighted by atomic mass is 10.1. The lowest BCUT2D eigenvalue weighted by Crippen LogP contribution is -2.44. The Bertz CT molecular complexity index is 970. The first kappa shape index (κ1) is 25.4. The van der Waals surface area contributed by atoms with Crippen molar-refractivity contribution in [1.29, 1.82) is 5.26 Å². The Morgan fingerprint density at radius 2 is 2.00 bits per heavy atom. The first-order valence-electron chi connectivity index (χ1n) is 11.6. The SMILES string of the molecule is CC(C)Oc1cc(CCN[C@H](C)CN2CCOCC2)ccc1NC(=O)Nc1cnc(C#N)cn1. The highest BCUT2D eigenvalue weighted by Gasteiger charge is 2.14. The Hall–Kier alpha value is -3.26. The molecule has 0 radical (unpaired) electrons. The van der Waals surface area contributed by atoms with E-state index in [1.807, 2.05) is 38.1 Å². The average Bonchev–Trinajstić information content (AvgIpc) is 2.81. The largest absolute Gasteiger partial charge is 0.489 e. The van der Waals surface area contributed by atoms with Gasteiger partial charge in [-0.2, -0.15) is 5.26 Å². The van der Waals surface area contributed by atoms with Gasteiger partial charge in [0.2, 0.25) is 0 Å². The molecule has 2 heterocycles. The van der Waals surface area contributed by atoms with Crippen LogP contribution in [0.25, 0.3) is 0 Å². The topological polar surface area (TPSA) is 124 Å². The van der Waals surface area contributed by atoms with E-state index in [2.05, 4.69) is 37.7 Å². The fraction of sp³-hybridized carbons (Fsp3) is 0.500. The molecule has 0 saturated carbocycles. The normalized spacial score (nSPS) is 14.9. The van der Waals surface area contributed by atoms with Crippen LogP contribution in [0.15, 0.2) is 30.6 Å². The number of nitrogens with zero attached hydrogens (tertiary/aromatic N) is 4. The van der Waals surface area contributed by atoms with Gasteiger partial charge < -0.3 is 20.1 Å². The van der Waals surface area contributed by atoms with Gasteiger partial charge >= 0.3 is 6.03 Å². The van der Waals surface area contributed by atoms with E-state index < -0.39 is 6.03 Å². The Morgan fingerprint density at radius 1 is 1.21 bits per heavy atom. The molecule has 0 unspecified atom stereocenters. The zero-order valence-electron chi connectivity index (χ0n) is 20.0. The van der Waals surface area contributed by atoms with E-state index in [1.165, 1.54) is 12.4 Å². The van der Waals surface area contributed by atoms with E-state index in [0.29, 0.717) is 17.5 Å². The number of morpholine rings is 1. The smallest absolute Gasteiger partial charge is 0.324 e. The van der Waals surface area contributed by atoms with E-state index in [0.717, 1.165) is 51.4 Å². The number of nitrogens with one attached hydrogen (secondary N) is 3. The molecule has 1 aromatic carbocycles. The van der Waals surface area contributed by atoms with Crippen molar-refractivity contribution in [3.05, 3.63) is 41.9 Å². The van der Waals surface area contributed by atoms with Gasteiger partial charge in [0.25, 0.3) is 0 Å². The summed E-state index contributed by atoms with van der Waals surface area (Å²) in [6.07, 6.45) is 3.43. The molecule has 182 valence electrons. The number of nitriles is 1. The summed E-state index contributed by atoms with van der Waals surface area (Å²) in [6, 6.07) is 7.59. The quantitative estimate of drug-likeness (QED) is 0.487. The Labute approximate surface area is 200 Å². The number of rotatable bonds is 10. The van der Waals surface area contributed by atoms with Gasteiger partial charge in [-0.05, 0) is 51.4 Å².